The van der Waals surface area contributed by atoms with E-state index in [0.29, 0.717) is 5.75 Å². The van der Waals surface area contributed by atoms with Crippen LogP contribution in [0.5, 0.6) is 5.75 Å². The minimum atomic E-state index is -0.763. The molecule has 106 valence electrons. The molecule has 0 aliphatic carbocycles. The molecule has 1 atom stereocenters. The van der Waals surface area contributed by atoms with E-state index in [9.17, 15) is 15.2 Å². The lowest BCUT2D eigenvalue weighted by Crippen LogP contribution is -2.23. The smallest absolute Gasteiger partial charge is 0.273 e. The molecule has 0 radical (unpaired) electrons. The lowest BCUT2D eigenvalue weighted by Gasteiger charge is -2.12. The second-order valence-electron chi connectivity index (χ2n) is 4.10. The maximum atomic E-state index is 10.6. The predicted molar refractivity (Wildman–Crippen MR) is 74.5 cm³/mol. The Morgan fingerprint density at radius 3 is 3.00 bits per heavy atom. The van der Waals surface area contributed by atoms with Crippen LogP contribution in [0.2, 0.25) is 0 Å². The van der Waals surface area contributed by atoms with Gasteiger partial charge in [0.1, 0.15) is 18.5 Å². The van der Waals surface area contributed by atoms with Crippen molar-refractivity contribution in [3.8, 4) is 5.75 Å². The molecule has 8 heteroatoms. The van der Waals surface area contributed by atoms with E-state index < -0.39 is 11.0 Å². The molecule has 0 amide bonds. The van der Waals surface area contributed by atoms with E-state index >= 15 is 0 Å². The second-order valence-corrected chi connectivity index (χ2v) is 5.02. The number of nitrogens with zero attached hydrogens (tertiary/aromatic N) is 3. The summed E-state index contributed by atoms with van der Waals surface area (Å²) in [4.78, 5) is 10.1. The second kappa shape index (κ2) is 6.49. The first-order valence-corrected chi connectivity index (χ1v) is 6.57. The van der Waals surface area contributed by atoms with Gasteiger partial charge in [-0.1, -0.05) is 6.07 Å². The van der Waals surface area contributed by atoms with Crippen molar-refractivity contribution in [2.24, 2.45) is 0 Å². The summed E-state index contributed by atoms with van der Waals surface area (Å²) in [7, 11) is 0. The van der Waals surface area contributed by atoms with E-state index in [1.807, 2.05) is 0 Å². The standard InChI is InChI=1S/C12H12BrN3O4/c13-9-5-14-15(6-9)7-11(17)8-20-12-3-1-2-10(4-12)16(18)19/h1-6,11,17H,7-8H2/t11-/m0/s1. The zero-order valence-corrected chi connectivity index (χ0v) is 11.9. The average molecular weight is 342 g/mol. The van der Waals surface area contributed by atoms with Gasteiger partial charge in [0, 0.05) is 12.3 Å². The molecule has 0 fully saturated rings. The molecule has 7 nitrogen and oxygen atoms in total. The Hall–Kier alpha value is -1.93. The first-order chi connectivity index (χ1) is 9.54. The maximum Gasteiger partial charge on any atom is 0.273 e. The quantitative estimate of drug-likeness (QED) is 0.640. The third-order valence-electron chi connectivity index (χ3n) is 2.47. The number of non-ortho nitro benzene ring substituents is 1. The third kappa shape index (κ3) is 4.04. The molecule has 2 rings (SSSR count). The van der Waals surface area contributed by atoms with Crippen molar-refractivity contribution in [1.82, 2.24) is 9.78 Å². The summed E-state index contributed by atoms with van der Waals surface area (Å²) >= 11 is 3.26. The molecule has 20 heavy (non-hydrogen) atoms. The van der Waals surface area contributed by atoms with Crippen LogP contribution in [0.15, 0.2) is 41.1 Å². The highest BCUT2D eigenvalue weighted by atomic mass is 79.9. The number of nitro groups is 1. The van der Waals surface area contributed by atoms with Crippen molar-refractivity contribution < 1.29 is 14.8 Å². The fourth-order valence-corrected chi connectivity index (χ4v) is 1.91. The van der Waals surface area contributed by atoms with Gasteiger partial charge in [0.25, 0.3) is 5.69 Å². The molecule has 0 saturated heterocycles. The van der Waals surface area contributed by atoms with Gasteiger partial charge in [0.15, 0.2) is 0 Å². The van der Waals surface area contributed by atoms with E-state index in [-0.39, 0.29) is 18.8 Å². The van der Waals surface area contributed by atoms with Crippen molar-refractivity contribution in [2.45, 2.75) is 12.6 Å². The van der Waals surface area contributed by atoms with Gasteiger partial charge >= 0.3 is 0 Å². The summed E-state index contributed by atoms with van der Waals surface area (Å²) in [5, 5.41) is 24.4. The minimum Gasteiger partial charge on any atom is -0.491 e. The average Bonchev–Trinajstić information content (AvgIpc) is 2.82. The van der Waals surface area contributed by atoms with Gasteiger partial charge in [-0.25, -0.2) is 0 Å². The van der Waals surface area contributed by atoms with Crippen LogP contribution in [-0.4, -0.2) is 32.5 Å². The van der Waals surface area contributed by atoms with Gasteiger partial charge in [0.2, 0.25) is 0 Å². The van der Waals surface area contributed by atoms with Crippen molar-refractivity contribution >= 4 is 21.6 Å². The van der Waals surface area contributed by atoms with Gasteiger partial charge in [0.05, 0.1) is 28.2 Å². The minimum absolute atomic E-state index is 0.0264. The Labute approximate surface area is 123 Å². The first-order valence-electron chi connectivity index (χ1n) is 5.78. The van der Waals surface area contributed by atoms with Crippen LogP contribution in [0, 0.1) is 10.1 Å². The normalized spacial score (nSPS) is 12.1. The lowest BCUT2D eigenvalue weighted by atomic mass is 10.3. The number of ether oxygens (including phenoxy) is 1. The molecule has 1 aromatic carbocycles. The summed E-state index contributed by atoms with van der Waals surface area (Å²) in [6.07, 6.45) is 2.59. The zero-order chi connectivity index (χ0) is 14.5. The van der Waals surface area contributed by atoms with E-state index in [1.165, 1.54) is 18.2 Å². The SMILES string of the molecule is O=[N+]([O-])c1cccc(OC[C@@H](O)Cn2cc(Br)cn2)c1. The topological polar surface area (TPSA) is 90.4 Å². The number of benzene rings is 1. The van der Waals surface area contributed by atoms with Crippen LogP contribution in [0.3, 0.4) is 0 Å². The largest absolute Gasteiger partial charge is 0.491 e. The summed E-state index contributed by atoms with van der Waals surface area (Å²) < 4.78 is 7.73. The summed E-state index contributed by atoms with van der Waals surface area (Å²) in [5.41, 5.74) is -0.0482. The fourth-order valence-electron chi connectivity index (χ4n) is 1.59. The van der Waals surface area contributed by atoms with E-state index in [1.54, 1.807) is 23.1 Å². The highest BCUT2D eigenvalue weighted by molar-refractivity contribution is 9.10. The Balaban J connectivity index is 1.88. The Morgan fingerprint density at radius 1 is 1.55 bits per heavy atom. The molecule has 0 bridgehead atoms. The monoisotopic (exact) mass is 341 g/mol. The fraction of sp³-hybridized carbons (Fsp3) is 0.250. The molecule has 0 aliphatic heterocycles. The third-order valence-corrected chi connectivity index (χ3v) is 2.88. The van der Waals surface area contributed by atoms with Crippen molar-refractivity contribution in [2.75, 3.05) is 6.61 Å². The zero-order valence-electron chi connectivity index (χ0n) is 10.3. The lowest BCUT2D eigenvalue weighted by molar-refractivity contribution is -0.384. The molecule has 0 unspecified atom stereocenters. The molecule has 0 saturated carbocycles. The van der Waals surface area contributed by atoms with Crippen molar-refractivity contribution in [1.29, 1.82) is 0 Å². The highest BCUT2D eigenvalue weighted by Crippen LogP contribution is 2.19. The number of hydrogen-bond acceptors (Lipinski definition) is 5. The molecular formula is C12H12BrN3O4. The first kappa shape index (κ1) is 14.5. The number of hydrogen-bond donors (Lipinski definition) is 1. The number of aliphatic hydroxyl groups excluding tert-OH is 1. The molecule has 1 N–H and O–H groups in total. The summed E-state index contributed by atoms with van der Waals surface area (Å²) in [6.45, 7) is 0.305. The number of halogens is 1. The van der Waals surface area contributed by atoms with E-state index in [4.69, 9.17) is 4.74 Å². The van der Waals surface area contributed by atoms with Gasteiger partial charge in [-0.2, -0.15) is 5.10 Å². The van der Waals surface area contributed by atoms with Gasteiger partial charge < -0.3 is 9.84 Å². The van der Waals surface area contributed by atoms with Crippen LogP contribution < -0.4 is 4.74 Å². The van der Waals surface area contributed by atoms with Crippen LogP contribution in [0.4, 0.5) is 5.69 Å². The van der Waals surface area contributed by atoms with Crippen LogP contribution in [0.1, 0.15) is 0 Å². The van der Waals surface area contributed by atoms with E-state index in [0.717, 1.165) is 4.47 Å². The van der Waals surface area contributed by atoms with Crippen molar-refractivity contribution in [3.63, 3.8) is 0 Å². The van der Waals surface area contributed by atoms with Gasteiger partial charge in [-0.15, -0.1) is 0 Å². The molecule has 1 aromatic heterocycles. The van der Waals surface area contributed by atoms with Crippen molar-refractivity contribution in [3.05, 3.63) is 51.2 Å². The Bertz CT molecular complexity index is 602. The molecular weight excluding hydrogens is 330 g/mol. The maximum absolute atomic E-state index is 10.6. The number of nitro benzene ring substituents is 1. The number of aliphatic hydroxyl groups is 1. The summed E-state index contributed by atoms with van der Waals surface area (Å²) in [5.74, 6) is 0.347. The number of aromatic nitrogens is 2. The van der Waals surface area contributed by atoms with Crippen LogP contribution in [-0.2, 0) is 6.54 Å². The molecule has 0 spiro atoms. The summed E-state index contributed by atoms with van der Waals surface area (Å²) in [6, 6.07) is 5.83. The molecule has 0 aliphatic rings. The highest BCUT2D eigenvalue weighted by Gasteiger charge is 2.10. The van der Waals surface area contributed by atoms with Gasteiger partial charge in [-0.3, -0.25) is 14.8 Å². The van der Waals surface area contributed by atoms with Gasteiger partial charge in [-0.05, 0) is 22.0 Å². The molecule has 1 heterocycles. The van der Waals surface area contributed by atoms with Crippen LogP contribution in [0.25, 0.3) is 0 Å². The van der Waals surface area contributed by atoms with E-state index in [2.05, 4.69) is 21.0 Å². The Morgan fingerprint density at radius 2 is 2.35 bits per heavy atom. The number of rotatable bonds is 6. The Kier molecular flexibility index (Phi) is 4.70. The van der Waals surface area contributed by atoms with Crippen LogP contribution >= 0.6 is 15.9 Å². The molecule has 2 aromatic rings. The predicted octanol–water partition coefficient (Wildman–Crippen LogP) is 1.99.